The van der Waals surface area contributed by atoms with Crippen LogP contribution in [0, 0.1) is 9.49 Å². The maximum atomic E-state index is 12.5. The molecule has 0 bridgehead atoms. The number of carbonyl (C=O) groups excluding carboxylic acids is 1. The Morgan fingerprint density at radius 3 is 2.70 bits per heavy atom. The monoisotopic (exact) mass is 389 g/mol. The Morgan fingerprint density at radius 2 is 2.10 bits per heavy atom. The van der Waals surface area contributed by atoms with E-state index in [0.717, 1.165) is 12.8 Å². The van der Waals surface area contributed by atoms with Gasteiger partial charge >= 0.3 is 5.97 Å². The number of carboxylic acid groups (broad SMARTS) is 1. The second kappa shape index (κ2) is 5.99. The van der Waals surface area contributed by atoms with Crippen LogP contribution in [-0.4, -0.2) is 39.6 Å². The van der Waals surface area contributed by atoms with Crippen LogP contribution in [0.5, 0.6) is 5.75 Å². The topological polar surface area (TPSA) is 77.8 Å². The fourth-order valence-electron chi connectivity index (χ4n) is 2.60. The van der Waals surface area contributed by atoms with Crippen molar-refractivity contribution in [3.8, 4) is 5.75 Å². The summed E-state index contributed by atoms with van der Waals surface area (Å²) in [5.74, 6) is -1.34. The number of phenols is 1. The molecule has 2 atom stereocenters. The van der Waals surface area contributed by atoms with Crippen molar-refractivity contribution in [2.24, 2.45) is 5.92 Å². The molecule has 6 heteroatoms. The number of benzene rings is 1. The SMILES string of the molecule is CC1CCCN(C(=O)c2ccc(I)c(O)c2)C1C(=O)O. The molecule has 1 saturated heterocycles. The van der Waals surface area contributed by atoms with Gasteiger partial charge in [0.2, 0.25) is 0 Å². The van der Waals surface area contributed by atoms with Crippen molar-refractivity contribution in [1.82, 2.24) is 4.90 Å². The molecule has 0 aromatic heterocycles. The Morgan fingerprint density at radius 1 is 1.40 bits per heavy atom. The van der Waals surface area contributed by atoms with Gasteiger partial charge in [0.05, 0.1) is 3.57 Å². The van der Waals surface area contributed by atoms with Crippen LogP contribution in [-0.2, 0) is 4.79 Å². The Kier molecular flexibility index (Phi) is 4.52. The normalized spacial score (nSPS) is 22.6. The van der Waals surface area contributed by atoms with Crippen molar-refractivity contribution >= 4 is 34.5 Å². The zero-order valence-corrected chi connectivity index (χ0v) is 13.2. The highest BCUT2D eigenvalue weighted by Crippen LogP contribution is 2.27. The van der Waals surface area contributed by atoms with Gasteiger partial charge in [-0.3, -0.25) is 4.79 Å². The van der Waals surface area contributed by atoms with E-state index >= 15 is 0 Å². The average molecular weight is 389 g/mol. The fourth-order valence-corrected chi connectivity index (χ4v) is 2.94. The summed E-state index contributed by atoms with van der Waals surface area (Å²) in [4.78, 5) is 25.3. The lowest BCUT2D eigenvalue weighted by molar-refractivity contribution is -0.145. The first-order valence-electron chi connectivity index (χ1n) is 6.44. The van der Waals surface area contributed by atoms with E-state index in [9.17, 15) is 19.8 Å². The predicted octanol–water partition coefficient (Wildman–Crippen LogP) is 2.32. The zero-order chi connectivity index (χ0) is 14.9. The second-order valence-electron chi connectivity index (χ2n) is 5.07. The van der Waals surface area contributed by atoms with Crippen molar-refractivity contribution < 1.29 is 19.8 Å². The van der Waals surface area contributed by atoms with E-state index in [0.29, 0.717) is 15.7 Å². The summed E-state index contributed by atoms with van der Waals surface area (Å²) >= 11 is 1.97. The summed E-state index contributed by atoms with van der Waals surface area (Å²) in [7, 11) is 0. The molecule has 1 aliphatic heterocycles. The Hall–Kier alpha value is -1.31. The first-order chi connectivity index (χ1) is 9.41. The molecule has 0 saturated carbocycles. The lowest BCUT2D eigenvalue weighted by Gasteiger charge is -2.37. The van der Waals surface area contributed by atoms with Gasteiger partial charge in [0.25, 0.3) is 5.91 Å². The number of piperidine rings is 1. The third kappa shape index (κ3) is 2.89. The zero-order valence-electron chi connectivity index (χ0n) is 11.0. The maximum Gasteiger partial charge on any atom is 0.326 e. The summed E-state index contributed by atoms with van der Waals surface area (Å²) in [5.41, 5.74) is 0.322. The van der Waals surface area contributed by atoms with E-state index in [-0.39, 0.29) is 17.6 Å². The number of phenolic OH excluding ortho intramolecular Hbond substituents is 1. The van der Waals surface area contributed by atoms with E-state index in [4.69, 9.17) is 0 Å². The van der Waals surface area contributed by atoms with Gasteiger partial charge in [-0.2, -0.15) is 0 Å². The van der Waals surface area contributed by atoms with Crippen LogP contribution in [0.3, 0.4) is 0 Å². The number of nitrogens with zero attached hydrogens (tertiary/aromatic N) is 1. The minimum absolute atomic E-state index is 0.0355. The van der Waals surface area contributed by atoms with Crippen LogP contribution in [0.2, 0.25) is 0 Å². The third-order valence-corrected chi connectivity index (χ3v) is 4.55. The molecule has 2 rings (SSSR count). The molecule has 0 radical (unpaired) electrons. The molecule has 0 aliphatic carbocycles. The molecule has 1 fully saturated rings. The molecule has 1 heterocycles. The summed E-state index contributed by atoms with van der Waals surface area (Å²) in [5, 5.41) is 19.0. The minimum atomic E-state index is -0.972. The molecule has 108 valence electrons. The van der Waals surface area contributed by atoms with Crippen LogP contribution in [0.25, 0.3) is 0 Å². The molecule has 1 aromatic carbocycles. The highest BCUT2D eigenvalue weighted by Gasteiger charge is 2.37. The highest BCUT2D eigenvalue weighted by molar-refractivity contribution is 14.1. The van der Waals surface area contributed by atoms with Gasteiger partial charge in [0.1, 0.15) is 11.8 Å². The smallest absolute Gasteiger partial charge is 0.326 e. The number of carboxylic acids is 1. The molecule has 2 unspecified atom stereocenters. The van der Waals surface area contributed by atoms with Crippen molar-refractivity contribution in [3.05, 3.63) is 27.3 Å². The Labute approximate surface area is 130 Å². The molecule has 0 spiro atoms. The quantitative estimate of drug-likeness (QED) is 0.762. The largest absolute Gasteiger partial charge is 0.507 e. The second-order valence-corrected chi connectivity index (χ2v) is 6.23. The standard InChI is InChI=1S/C14H16INO4/c1-8-3-2-6-16(12(8)14(19)20)13(18)9-4-5-10(15)11(17)7-9/h4-5,7-8,12,17H,2-3,6H2,1H3,(H,19,20). The molecule has 5 nitrogen and oxygen atoms in total. The number of amides is 1. The first-order valence-corrected chi connectivity index (χ1v) is 7.52. The number of rotatable bonds is 2. The lowest BCUT2D eigenvalue weighted by atomic mass is 9.90. The van der Waals surface area contributed by atoms with E-state index in [1.165, 1.54) is 11.0 Å². The highest BCUT2D eigenvalue weighted by atomic mass is 127. The van der Waals surface area contributed by atoms with Gasteiger partial charge in [-0.05, 0) is 59.5 Å². The summed E-state index contributed by atoms with van der Waals surface area (Å²) in [6.07, 6.45) is 1.60. The first kappa shape index (κ1) is 15.1. The Balaban J connectivity index is 2.30. The van der Waals surface area contributed by atoms with Gasteiger partial charge in [-0.1, -0.05) is 6.92 Å². The van der Waals surface area contributed by atoms with Gasteiger partial charge in [-0.15, -0.1) is 0 Å². The van der Waals surface area contributed by atoms with E-state index in [1.54, 1.807) is 12.1 Å². The van der Waals surface area contributed by atoms with Crippen molar-refractivity contribution in [2.45, 2.75) is 25.8 Å². The summed E-state index contributed by atoms with van der Waals surface area (Å²) in [6.45, 7) is 2.29. The third-order valence-electron chi connectivity index (χ3n) is 3.64. The summed E-state index contributed by atoms with van der Waals surface area (Å²) < 4.78 is 0.654. The van der Waals surface area contributed by atoms with Crippen molar-refractivity contribution in [2.75, 3.05) is 6.54 Å². The van der Waals surface area contributed by atoms with Crippen molar-refractivity contribution in [3.63, 3.8) is 0 Å². The van der Waals surface area contributed by atoms with Gasteiger partial charge in [0.15, 0.2) is 0 Å². The Bertz CT molecular complexity index is 546. The number of aliphatic carboxylic acids is 1. The lowest BCUT2D eigenvalue weighted by Crippen LogP contribution is -2.51. The minimum Gasteiger partial charge on any atom is -0.507 e. The number of carbonyl (C=O) groups is 2. The van der Waals surface area contributed by atoms with Crippen LogP contribution in [0.1, 0.15) is 30.1 Å². The molecule has 2 N–H and O–H groups in total. The molecular formula is C14H16INO4. The number of hydrogen-bond donors (Lipinski definition) is 2. The van der Waals surface area contributed by atoms with Crippen LogP contribution in [0.4, 0.5) is 0 Å². The molecule has 1 aromatic rings. The van der Waals surface area contributed by atoms with Gasteiger partial charge in [0, 0.05) is 12.1 Å². The van der Waals surface area contributed by atoms with Crippen LogP contribution in [0.15, 0.2) is 18.2 Å². The molecule has 1 aliphatic rings. The van der Waals surface area contributed by atoms with Crippen molar-refractivity contribution in [1.29, 1.82) is 0 Å². The van der Waals surface area contributed by atoms with Gasteiger partial charge < -0.3 is 15.1 Å². The van der Waals surface area contributed by atoms with E-state index in [1.807, 2.05) is 29.5 Å². The maximum absolute atomic E-state index is 12.5. The van der Waals surface area contributed by atoms with Crippen LogP contribution < -0.4 is 0 Å². The molecular weight excluding hydrogens is 373 g/mol. The molecule has 1 amide bonds. The summed E-state index contributed by atoms with van der Waals surface area (Å²) in [6, 6.07) is 3.86. The number of hydrogen-bond acceptors (Lipinski definition) is 3. The predicted molar refractivity (Wildman–Crippen MR) is 81.7 cm³/mol. The number of halogens is 1. The fraction of sp³-hybridized carbons (Fsp3) is 0.429. The van der Waals surface area contributed by atoms with Gasteiger partial charge in [-0.25, -0.2) is 4.79 Å². The van der Waals surface area contributed by atoms with E-state index < -0.39 is 12.0 Å². The number of likely N-dealkylation sites (tertiary alicyclic amines) is 1. The molecule has 20 heavy (non-hydrogen) atoms. The van der Waals surface area contributed by atoms with Crippen LogP contribution >= 0.6 is 22.6 Å². The average Bonchev–Trinajstić information content (AvgIpc) is 2.40. The number of aromatic hydroxyl groups is 1. The van der Waals surface area contributed by atoms with E-state index in [2.05, 4.69) is 0 Å².